The van der Waals surface area contributed by atoms with Crippen molar-refractivity contribution in [3.63, 3.8) is 0 Å². The topological polar surface area (TPSA) is 73.4 Å². The summed E-state index contributed by atoms with van der Waals surface area (Å²) in [5.74, 6) is 0.500. The van der Waals surface area contributed by atoms with Gasteiger partial charge in [-0.25, -0.2) is 0 Å². The van der Waals surface area contributed by atoms with E-state index in [1.807, 2.05) is 18.9 Å². The van der Waals surface area contributed by atoms with Gasteiger partial charge < -0.3 is 15.5 Å². The molecular formula is C13H26N4O. The Morgan fingerprint density at radius 3 is 2.72 bits per heavy atom. The minimum absolute atomic E-state index is 0.00736. The van der Waals surface area contributed by atoms with Gasteiger partial charge in [-0.15, -0.1) is 0 Å². The first kappa shape index (κ1) is 15.0. The van der Waals surface area contributed by atoms with Crippen LogP contribution in [0.4, 0.5) is 0 Å². The van der Waals surface area contributed by atoms with Crippen molar-refractivity contribution in [2.75, 3.05) is 13.6 Å². The molecule has 1 amide bonds. The number of nitrogens with zero attached hydrogens (tertiary/aromatic N) is 2. The molecule has 18 heavy (non-hydrogen) atoms. The third kappa shape index (κ3) is 3.22. The average molecular weight is 254 g/mol. The maximum absolute atomic E-state index is 12.3. The standard InChI is InChI=1S/C13H26N4O/c1-4-6-8-12-16(3)11(15)9-17(12)13(18)10(14)7-5-2/h10,12,15H,4-9,14H2,1-3H3/t10-,12?/m0/s1. The zero-order valence-corrected chi connectivity index (χ0v) is 11.8. The highest BCUT2D eigenvalue weighted by atomic mass is 16.2. The van der Waals surface area contributed by atoms with Crippen molar-refractivity contribution < 1.29 is 4.79 Å². The van der Waals surface area contributed by atoms with Gasteiger partial charge in [-0.2, -0.15) is 0 Å². The van der Waals surface area contributed by atoms with Crippen molar-refractivity contribution >= 4 is 11.7 Å². The fourth-order valence-corrected chi connectivity index (χ4v) is 2.38. The van der Waals surface area contributed by atoms with Crippen LogP contribution in [0.25, 0.3) is 0 Å². The second-order valence-electron chi connectivity index (χ2n) is 5.04. The van der Waals surface area contributed by atoms with Crippen LogP contribution in [0.5, 0.6) is 0 Å². The van der Waals surface area contributed by atoms with Crippen LogP contribution < -0.4 is 5.73 Å². The molecule has 1 heterocycles. The Bertz CT molecular complexity index is 305. The lowest BCUT2D eigenvalue weighted by molar-refractivity contribution is -0.135. The van der Waals surface area contributed by atoms with E-state index in [-0.39, 0.29) is 12.1 Å². The minimum Gasteiger partial charge on any atom is -0.342 e. The Balaban J connectivity index is 2.72. The molecule has 104 valence electrons. The van der Waals surface area contributed by atoms with E-state index in [1.165, 1.54) is 0 Å². The van der Waals surface area contributed by atoms with Crippen LogP contribution in [-0.2, 0) is 4.79 Å². The Morgan fingerprint density at radius 1 is 1.50 bits per heavy atom. The molecule has 5 nitrogen and oxygen atoms in total. The molecule has 1 unspecified atom stereocenters. The molecule has 1 rings (SSSR count). The van der Waals surface area contributed by atoms with Gasteiger partial charge in [0.1, 0.15) is 12.0 Å². The van der Waals surface area contributed by atoms with Crippen LogP contribution >= 0.6 is 0 Å². The van der Waals surface area contributed by atoms with Crippen molar-refractivity contribution in [1.82, 2.24) is 9.80 Å². The monoisotopic (exact) mass is 254 g/mol. The second-order valence-corrected chi connectivity index (χ2v) is 5.04. The van der Waals surface area contributed by atoms with E-state index in [0.717, 1.165) is 25.7 Å². The molecule has 0 aliphatic carbocycles. The molecular weight excluding hydrogens is 228 g/mol. The highest BCUT2D eigenvalue weighted by molar-refractivity contribution is 5.91. The van der Waals surface area contributed by atoms with E-state index >= 15 is 0 Å². The zero-order valence-electron chi connectivity index (χ0n) is 11.8. The summed E-state index contributed by atoms with van der Waals surface area (Å²) in [6.07, 6.45) is 4.73. The summed E-state index contributed by atoms with van der Waals surface area (Å²) in [6, 6.07) is -0.418. The minimum atomic E-state index is -0.418. The van der Waals surface area contributed by atoms with E-state index in [0.29, 0.717) is 18.8 Å². The zero-order chi connectivity index (χ0) is 13.7. The third-order valence-corrected chi connectivity index (χ3v) is 3.57. The van der Waals surface area contributed by atoms with E-state index < -0.39 is 6.04 Å². The number of nitrogens with one attached hydrogen (secondary N) is 1. The predicted octanol–water partition coefficient (Wildman–Crippen LogP) is 1.38. The normalized spacial score (nSPS) is 21.6. The number of rotatable bonds is 6. The lowest BCUT2D eigenvalue weighted by Crippen LogP contribution is -2.48. The first-order valence-electron chi connectivity index (χ1n) is 6.89. The van der Waals surface area contributed by atoms with Gasteiger partial charge in [-0.1, -0.05) is 26.7 Å². The fraction of sp³-hybridized carbons (Fsp3) is 0.846. The molecule has 1 saturated heterocycles. The number of amides is 1. The molecule has 1 fully saturated rings. The smallest absolute Gasteiger partial charge is 0.241 e. The van der Waals surface area contributed by atoms with E-state index in [4.69, 9.17) is 11.1 Å². The molecule has 0 bridgehead atoms. The molecule has 0 saturated carbocycles. The molecule has 0 spiro atoms. The molecule has 0 aromatic rings. The molecule has 0 radical (unpaired) electrons. The summed E-state index contributed by atoms with van der Waals surface area (Å²) in [5, 5.41) is 7.88. The number of hydrogen-bond donors (Lipinski definition) is 2. The van der Waals surface area contributed by atoms with E-state index in [1.54, 1.807) is 4.90 Å². The van der Waals surface area contributed by atoms with Crippen LogP contribution in [0.2, 0.25) is 0 Å². The summed E-state index contributed by atoms with van der Waals surface area (Å²) < 4.78 is 0. The van der Waals surface area contributed by atoms with E-state index in [2.05, 4.69) is 6.92 Å². The lowest BCUT2D eigenvalue weighted by atomic mass is 10.1. The van der Waals surface area contributed by atoms with Crippen LogP contribution in [0.15, 0.2) is 0 Å². The SMILES string of the molecule is CCCCC1N(C)C(=N)CN1C(=O)[C@@H](N)CCC. The van der Waals surface area contributed by atoms with Gasteiger partial charge in [-0.3, -0.25) is 10.2 Å². The summed E-state index contributed by atoms with van der Waals surface area (Å²) >= 11 is 0. The van der Waals surface area contributed by atoms with Gasteiger partial charge in [0.25, 0.3) is 0 Å². The molecule has 0 aromatic carbocycles. The lowest BCUT2D eigenvalue weighted by Gasteiger charge is -2.29. The quantitative estimate of drug-likeness (QED) is 0.752. The fourth-order valence-electron chi connectivity index (χ4n) is 2.38. The maximum Gasteiger partial charge on any atom is 0.241 e. The molecule has 5 heteroatoms. The highest BCUT2D eigenvalue weighted by Gasteiger charge is 2.37. The second kappa shape index (κ2) is 6.73. The van der Waals surface area contributed by atoms with Gasteiger partial charge >= 0.3 is 0 Å². The largest absolute Gasteiger partial charge is 0.342 e. The Labute approximate surface area is 110 Å². The average Bonchev–Trinajstić information content (AvgIpc) is 2.63. The molecule has 2 atom stereocenters. The number of carbonyl (C=O) groups excluding carboxylic acids is 1. The summed E-state index contributed by atoms with van der Waals surface area (Å²) in [7, 11) is 1.89. The van der Waals surface area contributed by atoms with Crippen molar-refractivity contribution in [2.45, 2.75) is 58.2 Å². The number of amidine groups is 1. The molecule has 0 aromatic heterocycles. The van der Waals surface area contributed by atoms with E-state index in [9.17, 15) is 4.79 Å². The Kier molecular flexibility index (Phi) is 5.59. The summed E-state index contributed by atoms with van der Waals surface area (Å²) in [4.78, 5) is 15.9. The van der Waals surface area contributed by atoms with Gasteiger partial charge in [0, 0.05) is 7.05 Å². The van der Waals surface area contributed by atoms with Gasteiger partial charge in [0.15, 0.2) is 0 Å². The van der Waals surface area contributed by atoms with Crippen molar-refractivity contribution in [1.29, 1.82) is 5.41 Å². The van der Waals surface area contributed by atoms with Crippen LogP contribution in [0.1, 0.15) is 46.0 Å². The molecule has 3 N–H and O–H groups in total. The number of likely N-dealkylation sites (N-methyl/N-ethyl adjacent to an activating group) is 1. The van der Waals surface area contributed by atoms with Crippen LogP contribution in [-0.4, -0.2) is 47.3 Å². The highest BCUT2D eigenvalue weighted by Crippen LogP contribution is 2.20. The number of hydrogen-bond acceptors (Lipinski definition) is 3. The first-order chi connectivity index (χ1) is 8.52. The van der Waals surface area contributed by atoms with Crippen LogP contribution in [0, 0.1) is 5.41 Å². The summed E-state index contributed by atoms with van der Waals surface area (Å²) in [5.41, 5.74) is 5.91. The predicted molar refractivity (Wildman–Crippen MR) is 73.4 cm³/mol. The number of nitrogens with two attached hydrogens (primary N) is 1. The third-order valence-electron chi connectivity index (χ3n) is 3.57. The van der Waals surface area contributed by atoms with Crippen molar-refractivity contribution in [3.05, 3.63) is 0 Å². The maximum atomic E-state index is 12.3. The van der Waals surface area contributed by atoms with Crippen molar-refractivity contribution in [2.24, 2.45) is 5.73 Å². The Morgan fingerprint density at radius 2 is 2.17 bits per heavy atom. The summed E-state index contributed by atoms with van der Waals surface area (Å²) in [6.45, 7) is 4.57. The van der Waals surface area contributed by atoms with Crippen molar-refractivity contribution in [3.8, 4) is 0 Å². The van der Waals surface area contributed by atoms with Crippen LogP contribution in [0.3, 0.4) is 0 Å². The first-order valence-corrected chi connectivity index (χ1v) is 6.89. The number of carbonyl (C=O) groups is 1. The Hall–Kier alpha value is -1.10. The molecule has 1 aliphatic heterocycles. The van der Waals surface area contributed by atoms with Gasteiger partial charge in [0.05, 0.1) is 12.6 Å². The molecule has 1 aliphatic rings. The van der Waals surface area contributed by atoms with Gasteiger partial charge in [0.2, 0.25) is 5.91 Å². The number of unbranched alkanes of at least 4 members (excludes halogenated alkanes) is 1. The van der Waals surface area contributed by atoms with Gasteiger partial charge in [-0.05, 0) is 19.3 Å².